The highest BCUT2D eigenvalue weighted by Gasteiger charge is 2.13. The molecule has 1 aliphatic rings. The van der Waals surface area contributed by atoms with E-state index in [0.29, 0.717) is 34.6 Å². The quantitative estimate of drug-likeness (QED) is 0.611. The third-order valence-corrected chi connectivity index (χ3v) is 4.56. The molecule has 0 saturated carbocycles. The lowest BCUT2D eigenvalue weighted by atomic mass is 10.2. The Hall–Kier alpha value is -2.67. The van der Waals surface area contributed by atoms with Gasteiger partial charge in [-0.2, -0.15) is 9.78 Å². The number of aromatic nitrogens is 2. The maximum Gasteiger partial charge on any atom is 0.282 e. The van der Waals surface area contributed by atoms with E-state index >= 15 is 0 Å². The topological polar surface area (TPSA) is 65.7 Å². The molecule has 0 radical (unpaired) electrons. The van der Waals surface area contributed by atoms with Gasteiger partial charge in [0.15, 0.2) is 11.5 Å². The van der Waals surface area contributed by atoms with Crippen LogP contribution in [0.5, 0.6) is 11.5 Å². The van der Waals surface area contributed by atoms with Gasteiger partial charge in [0.2, 0.25) is 6.79 Å². The molecule has 0 fully saturated rings. The maximum absolute atomic E-state index is 12.9. The summed E-state index contributed by atoms with van der Waals surface area (Å²) >= 11 is 3.40. The van der Waals surface area contributed by atoms with E-state index in [1.165, 1.54) is 4.68 Å². The number of hydrogen-bond donors (Lipinski definition) is 0. The first kappa shape index (κ1) is 16.8. The van der Waals surface area contributed by atoms with E-state index in [-0.39, 0.29) is 12.4 Å². The molecule has 132 valence electrons. The van der Waals surface area contributed by atoms with E-state index in [4.69, 9.17) is 9.47 Å². The molecule has 0 amide bonds. The van der Waals surface area contributed by atoms with Crippen molar-refractivity contribution in [2.24, 2.45) is 5.10 Å². The van der Waals surface area contributed by atoms with Crippen LogP contribution in [0.4, 0.5) is 0 Å². The van der Waals surface area contributed by atoms with Gasteiger partial charge < -0.3 is 9.47 Å². The second-order valence-corrected chi connectivity index (χ2v) is 6.83. The molecule has 6 nitrogen and oxygen atoms in total. The first-order chi connectivity index (χ1) is 12.7. The minimum atomic E-state index is -0.184. The number of benzene rings is 2. The van der Waals surface area contributed by atoms with E-state index in [2.05, 4.69) is 26.0 Å². The molecule has 4 rings (SSSR count). The summed E-state index contributed by atoms with van der Waals surface area (Å²) in [5, 5.41) is 4.93. The maximum atomic E-state index is 12.9. The van der Waals surface area contributed by atoms with Crippen molar-refractivity contribution >= 4 is 33.0 Å². The number of halogens is 1. The van der Waals surface area contributed by atoms with Crippen LogP contribution >= 0.6 is 15.9 Å². The van der Waals surface area contributed by atoms with Gasteiger partial charge in [-0.25, -0.2) is 4.98 Å². The van der Waals surface area contributed by atoms with E-state index in [1.54, 1.807) is 12.3 Å². The van der Waals surface area contributed by atoms with Crippen molar-refractivity contribution in [3.8, 4) is 11.5 Å². The fraction of sp³-hybridized carbons (Fsp3) is 0.211. The Labute approximate surface area is 158 Å². The molecule has 0 spiro atoms. The van der Waals surface area contributed by atoms with Crippen LogP contribution in [0, 0.1) is 0 Å². The van der Waals surface area contributed by atoms with Crippen LogP contribution in [0.15, 0.2) is 50.8 Å². The van der Waals surface area contributed by atoms with Crippen LogP contribution in [0.2, 0.25) is 0 Å². The molecule has 1 aliphatic heterocycles. The smallest absolute Gasteiger partial charge is 0.282 e. The Kier molecular flexibility index (Phi) is 4.46. The van der Waals surface area contributed by atoms with Crippen LogP contribution in [-0.4, -0.2) is 22.7 Å². The number of ether oxygens (including phenoxy) is 2. The summed E-state index contributed by atoms with van der Waals surface area (Å²) in [5.41, 5.74) is 1.31. The van der Waals surface area contributed by atoms with Crippen LogP contribution in [0.25, 0.3) is 10.9 Å². The summed E-state index contributed by atoms with van der Waals surface area (Å²) in [4.78, 5) is 17.5. The molecule has 1 aromatic heterocycles. The number of fused-ring (bicyclic) bond motifs is 2. The first-order valence-electron chi connectivity index (χ1n) is 8.31. The number of hydrogen-bond acceptors (Lipinski definition) is 5. The molecule has 0 N–H and O–H groups in total. The zero-order valence-electron chi connectivity index (χ0n) is 14.1. The molecule has 0 atom stereocenters. The van der Waals surface area contributed by atoms with Gasteiger partial charge in [-0.05, 0) is 48.4 Å². The third kappa shape index (κ3) is 3.10. The lowest BCUT2D eigenvalue weighted by Crippen LogP contribution is -2.22. The van der Waals surface area contributed by atoms with Gasteiger partial charge in [0.1, 0.15) is 5.82 Å². The average Bonchev–Trinajstić information content (AvgIpc) is 3.10. The van der Waals surface area contributed by atoms with Crippen LogP contribution in [-0.2, 0) is 6.42 Å². The second-order valence-electron chi connectivity index (χ2n) is 5.91. The molecular weight excluding hydrogens is 398 g/mol. The van der Waals surface area contributed by atoms with Crippen molar-refractivity contribution < 1.29 is 9.47 Å². The standard InChI is InChI=1S/C19H16BrN3O3/c1-2-3-18-22-15-6-5-13(20)9-14(15)19(24)23(18)21-10-12-4-7-16-17(8-12)26-11-25-16/h4-10H,2-3,11H2,1H3. The molecule has 0 saturated heterocycles. The summed E-state index contributed by atoms with van der Waals surface area (Å²) in [6.07, 6.45) is 3.17. The Morgan fingerprint density at radius 1 is 1.23 bits per heavy atom. The Morgan fingerprint density at radius 2 is 2.08 bits per heavy atom. The van der Waals surface area contributed by atoms with Gasteiger partial charge >= 0.3 is 0 Å². The van der Waals surface area contributed by atoms with E-state index < -0.39 is 0 Å². The minimum Gasteiger partial charge on any atom is -0.454 e. The highest BCUT2D eigenvalue weighted by Crippen LogP contribution is 2.32. The van der Waals surface area contributed by atoms with Gasteiger partial charge in [-0.1, -0.05) is 22.9 Å². The Bertz CT molecular complexity index is 1080. The second kappa shape index (κ2) is 6.92. The number of nitrogens with zero attached hydrogens (tertiary/aromatic N) is 3. The molecule has 0 unspecified atom stereocenters. The number of aryl methyl sites for hydroxylation is 1. The zero-order chi connectivity index (χ0) is 18.1. The monoisotopic (exact) mass is 413 g/mol. The predicted octanol–water partition coefficient (Wildman–Crippen LogP) is 3.72. The fourth-order valence-corrected chi connectivity index (χ4v) is 3.18. The highest BCUT2D eigenvalue weighted by atomic mass is 79.9. The van der Waals surface area contributed by atoms with Crippen LogP contribution < -0.4 is 15.0 Å². The Balaban J connectivity index is 1.80. The average molecular weight is 414 g/mol. The van der Waals surface area contributed by atoms with Gasteiger partial charge in [-0.3, -0.25) is 4.79 Å². The lowest BCUT2D eigenvalue weighted by molar-refractivity contribution is 0.174. The molecule has 3 aromatic rings. The highest BCUT2D eigenvalue weighted by molar-refractivity contribution is 9.10. The summed E-state index contributed by atoms with van der Waals surface area (Å²) < 4.78 is 12.9. The molecule has 2 aromatic carbocycles. The van der Waals surface area contributed by atoms with Crippen molar-refractivity contribution in [2.75, 3.05) is 6.79 Å². The van der Waals surface area contributed by atoms with Crippen molar-refractivity contribution in [3.63, 3.8) is 0 Å². The summed E-state index contributed by atoms with van der Waals surface area (Å²) in [6.45, 7) is 2.27. The fourth-order valence-electron chi connectivity index (χ4n) is 2.82. The minimum absolute atomic E-state index is 0.184. The van der Waals surface area contributed by atoms with Crippen LogP contribution in [0.3, 0.4) is 0 Å². The zero-order valence-corrected chi connectivity index (χ0v) is 15.7. The van der Waals surface area contributed by atoms with Gasteiger partial charge in [0.25, 0.3) is 5.56 Å². The normalized spacial score (nSPS) is 13.0. The van der Waals surface area contributed by atoms with E-state index in [0.717, 1.165) is 16.5 Å². The van der Waals surface area contributed by atoms with Crippen molar-refractivity contribution in [3.05, 3.63) is 62.6 Å². The molecule has 2 heterocycles. The van der Waals surface area contributed by atoms with E-state index in [9.17, 15) is 4.79 Å². The SMILES string of the molecule is CCCc1nc2ccc(Br)cc2c(=O)n1N=Cc1ccc2c(c1)OCO2. The van der Waals surface area contributed by atoms with E-state index in [1.807, 2.05) is 37.3 Å². The van der Waals surface area contributed by atoms with Gasteiger partial charge in [0.05, 0.1) is 17.1 Å². The third-order valence-electron chi connectivity index (χ3n) is 4.07. The summed E-state index contributed by atoms with van der Waals surface area (Å²) in [7, 11) is 0. The Morgan fingerprint density at radius 3 is 2.92 bits per heavy atom. The van der Waals surface area contributed by atoms with Crippen molar-refractivity contribution in [2.45, 2.75) is 19.8 Å². The number of rotatable bonds is 4. The first-order valence-corrected chi connectivity index (χ1v) is 9.10. The molecule has 26 heavy (non-hydrogen) atoms. The molecule has 0 aliphatic carbocycles. The largest absolute Gasteiger partial charge is 0.454 e. The lowest BCUT2D eigenvalue weighted by Gasteiger charge is -2.08. The summed E-state index contributed by atoms with van der Waals surface area (Å²) in [5.74, 6) is 2.03. The predicted molar refractivity (Wildman–Crippen MR) is 103 cm³/mol. The van der Waals surface area contributed by atoms with Crippen molar-refractivity contribution in [1.82, 2.24) is 9.66 Å². The van der Waals surface area contributed by atoms with Crippen LogP contribution in [0.1, 0.15) is 24.7 Å². The van der Waals surface area contributed by atoms with Gasteiger partial charge in [0, 0.05) is 10.9 Å². The molecular formula is C19H16BrN3O3. The summed E-state index contributed by atoms with van der Waals surface area (Å²) in [6, 6.07) is 11.0. The van der Waals surface area contributed by atoms with Gasteiger partial charge in [-0.15, -0.1) is 0 Å². The molecule has 7 heteroatoms. The molecule has 0 bridgehead atoms. The van der Waals surface area contributed by atoms with Crippen molar-refractivity contribution in [1.29, 1.82) is 0 Å².